The molecule has 102 valence electrons. The number of nitrogens with one attached hydrogen (secondary N) is 1. The van der Waals surface area contributed by atoms with Crippen molar-refractivity contribution in [3.8, 4) is 0 Å². The zero-order valence-electron chi connectivity index (χ0n) is 11.9. The van der Waals surface area contributed by atoms with Crippen molar-refractivity contribution >= 4 is 0 Å². The highest BCUT2D eigenvalue weighted by Crippen LogP contribution is 2.19. The minimum Gasteiger partial charge on any atom is -0.337 e. The van der Waals surface area contributed by atoms with Gasteiger partial charge in [-0.2, -0.15) is 0 Å². The minimum atomic E-state index is 0.575. The molecule has 1 aliphatic rings. The fourth-order valence-electron chi connectivity index (χ4n) is 2.62. The van der Waals surface area contributed by atoms with Gasteiger partial charge in [-0.25, -0.2) is 4.98 Å². The summed E-state index contributed by atoms with van der Waals surface area (Å²) in [5.74, 6) is 0. The maximum Gasteiger partial charge on any atom is 0.0945 e. The van der Waals surface area contributed by atoms with Crippen molar-refractivity contribution in [3.05, 3.63) is 18.2 Å². The van der Waals surface area contributed by atoms with Crippen molar-refractivity contribution in [1.29, 1.82) is 0 Å². The molecule has 4 nitrogen and oxygen atoms in total. The molecule has 0 bridgehead atoms. The number of imidazole rings is 1. The van der Waals surface area contributed by atoms with Gasteiger partial charge in [0.1, 0.15) is 0 Å². The summed E-state index contributed by atoms with van der Waals surface area (Å²) in [6, 6.07) is 1.25. The minimum absolute atomic E-state index is 0.575. The van der Waals surface area contributed by atoms with Crippen LogP contribution in [-0.2, 0) is 13.6 Å². The molecule has 2 rings (SSSR count). The standard InChI is InChI=1S/C14H26N4/c1-12(2)16-9-13-6-4-5-7-18(13)10-14-8-15-11-17(14)3/h8,11-13,16H,4-7,9-10H2,1-3H3. The monoisotopic (exact) mass is 250 g/mol. The van der Waals surface area contributed by atoms with Crippen LogP contribution in [0.5, 0.6) is 0 Å². The predicted octanol–water partition coefficient (Wildman–Crippen LogP) is 1.77. The Morgan fingerprint density at radius 2 is 2.28 bits per heavy atom. The Morgan fingerprint density at radius 3 is 2.94 bits per heavy atom. The highest BCUT2D eigenvalue weighted by Gasteiger charge is 2.22. The molecule has 0 amide bonds. The van der Waals surface area contributed by atoms with Crippen molar-refractivity contribution in [2.75, 3.05) is 13.1 Å². The quantitative estimate of drug-likeness (QED) is 0.864. The Hall–Kier alpha value is -0.870. The lowest BCUT2D eigenvalue weighted by Crippen LogP contribution is -2.46. The van der Waals surface area contributed by atoms with Crippen molar-refractivity contribution in [2.45, 2.75) is 51.7 Å². The van der Waals surface area contributed by atoms with Crippen LogP contribution >= 0.6 is 0 Å². The first kappa shape index (κ1) is 13.6. The van der Waals surface area contributed by atoms with Gasteiger partial charge in [0.2, 0.25) is 0 Å². The number of aryl methyl sites for hydroxylation is 1. The number of hydrogen-bond donors (Lipinski definition) is 1. The molecule has 18 heavy (non-hydrogen) atoms. The van der Waals surface area contributed by atoms with Crippen LogP contribution in [0.15, 0.2) is 12.5 Å². The van der Waals surface area contributed by atoms with Gasteiger partial charge in [0.15, 0.2) is 0 Å². The van der Waals surface area contributed by atoms with E-state index in [-0.39, 0.29) is 0 Å². The molecule has 0 aliphatic carbocycles. The first-order valence-electron chi connectivity index (χ1n) is 7.09. The van der Waals surface area contributed by atoms with E-state index < -0.39 is 0 Å². The zero-order chi connectivity index (χ0) is 13.0. The first-order chi connectivity index (χ1) is 8.66. The number of rotatable bonds is 5. The van der Waals surface area contributed by atoms with E-state index in [1.54, 1.807) is 0 Å². The van der Waals surface area contributed by atoms with Crippen molar-refractivity contribution in [1.82, 2.24) is 19.8 Å². The molecule has 0 radical (unpaired) electrons. The second-order valence-electron chi connectivity index (χ2n) is 5.68. The molecule has 1 aromatic rings. The second kappa shape index (κ2) is 6.34. The van der Waals surface area contributed by atoms with Crippen LogP contribution in [0.25, 0.3) is 0 Å². The highest BCUT2D eigenvalue weighted by molar-refractivity contribution is 4.98. The summed E-state index contributed by atoms with van der Waals surface area (Å²) in [5.41, 5.74) is 1.31. The second-order valence-corrected chi connectivity index (χ2v) is 5.68. The van der Waals surface area contributed by atoms with Crippen LogP contribution in [0.3, 0.4) is 0 Å². The lowest BCUT2D eigenvalue weighted by molar-refractivity contribution is 0.133. The van der Waals surface area contributed by atoms with Gasteiger partial charge in [0.05, 0.1) is 12.0 Å². The average Bonchev–Trinajstić information content (AvgIpc) is 2.74. The molecule has 1 unspecified atom stereocenters. The van der Waals surface area contributed by atoms with Gasteiger partial charge >= 0.3 is 0 Å². The summed E-state index contributed by atoms with van der Waals surface area (Å²) >= 11 is 0. The van der Waals surface area contributed by atoms with Gasteiger partial charge in [-0.1, -0.05) is 20.3 Å². The summed E-state index contributed by atoms with van der Waals surface area (Å²) in [5, 5.41) is 3.58. The summed E-state index contributed by atoms with van der Waals surface area (Å²) in [6.45, 7) is 7.79. The molecular formula is C14H26N4. The van der Waals surface area contributed by atoms with Crippen LogP contribution in [0, 0.1) is 0 Å². The third-order valence-corrected chi connectivity index (χ3v) is 3.79. The van der Waals surface area contributed by atoms with Gasteiger partial charge in [-0.3, -0.25) is 4.90 Å². The number of likely N-dealkylation sites (tertiary alicyclic amines) is 1. The van der Waals surface area contributed by atoms with Crippen LogP contribution < -0.4 is 5.32 Å². The van der Waals surface area contributed by atoms with E-state index in [4.69, 9.17) is 0 Å². The van der Waals surface area contributed by atoms with Crippen molar-refractivity contribution in [2.24, 2.45) is 7.05 Å². The summed E-state index contributed by atoms with van der Waals surface area (Å²) in [6.07, 6.45) is 7.89. The summed E-state index contributed by atoms with van der Waals surface area (Å²) < 4.78 is 2.13. The molecule has 1 aliphatic heterocycles. The Kier molecular flexibility index (Phi) is 4.78. The average molecular weight is 250 g/mol. The van der Waals surface area contributed by atoms with E-state index in [0.717, 1.165) is 13.1 Å². The SMILES string of the molecule is CC(C)NCC1CCCCN1Cc1cncn1C. The fraction of sp³-hybridized carbons (Fsp3) is 0.786. The summed E-state index contributed by atoms with van der Waals surface area (Å²) in [7, 11) is 2.08. The highest BCUT2D eigenvalue weighted by atomic mass is 15.2. The van der Waals surface area contributed by atoms with Crippen LogP contribution in [0.4, 0.5) is 0 Å². The van der Waals surface area contributed by atoms with Crippen molar-refractivity contribution in [3.63, 3.8) is 0 Å². The van der Waals surface area contributed by atoms with Gasteiger partial charge in [0.25, 0.3) is 0 Å². The predicted molar refractivity (Wildman–Crippen MR) is 74.4 cm³/mol. The summed E-state index contributed by atoms with van der Waals surface area (Å²) in [4.78, 5) is 6.81. The molecule has 1 atom stereocenters. The molecular weight excluding hydrogens is 224 g/mol. The van der Waals surface area contributed by atoms with Gasteiger partial charge in [0, 0.05) is 38.4 Å². The van der Waals surface area contributed by atoms with E-state index in [2.05, 4.69) is 40.7 Å². The number of nitrogens with zero attached hydrogens (tertiary/aromatic N) is 3. The van der Waals surface area contributed by atoms with Crippen LogP contribution in [-0.4, -0.2) is 39.6 Å². The van der Waals surface area contributed by atoms with E-state index in [0.29, 0.717) is 12.1 Å². The lowest BCUT2D eigenvalue weighted by atomic mass is 10.0. The molecule has 0 saturated carbocycles. The van der Waals surface area contributed by atoms with Crippen molar-refractivity contribution < 1.29 is 0 Å². The number of aromatic nitrogens is 2. The third kappa shape index (κ3) is 3.56. The Morgan fingerprint density at radius 1 is 1.44 bits per heavy atom. The molecule has 1 N–H and O–H groups in total. The molecule has 2 heterocycles. The molecule has 0 spiro atoms. The smallest absolute Gasteiger partial charge is 0.0945 e. The molecule has 1 aromatic heterocycles. The molecule has 4 heteroatoms. The normalized spacial score (nSPS) is 21.7. The largest absolute Gasteiger partial charge is 0.337 e. The van der Waals surface area contributed by atoms with Gasteiger partial charge in [-0.15, -0.1) is 0 Å². The van der Waals surface area contributed by atoms with E-state index >= 15 is 0 Å². The van der Waals surface area contributed by atoms with E-state index in [9.17, 15) is 0 Å². The third-order valence-electron chi connectivity index (χ3n) is 3.79. The van der Waals surface area contributed by atoms with Gasteiger partial charge < -0.3 is 9.88 Å². The first-order valence-corrected chi connectivity index (χ1v) is 7.09. The Labute approximate surface area is 110 Å². The number of hydrogen-bond acceptors (Lipinski definition) is 3. The fourth-order valence-corrected chi connectivity index (χ4v) is 2.62. The molecule has 1 fully saturated rings. The van der Waals surface area contributed by atoms with E-state index in [1.165, 1.54) is 31.5 Å². The van der Waals surface area contributed by atoms with E-state index in [1.807, 2.05) is 12.5 Å². The van der Waals surface area contributed by atoms with Gasteiger partial charge in [-0.05, 0) is 19.4 Å². The Bertz CT molecular complexity index is 358. The van der Waals surface area contributed by atoms with Crippen LogP contribution in [0.2, 0.25) is 0 Å². The maximum atomic E-state index is 4.21. The zero-order valence-corrected chi connectivity index (χ0v) is 11.9. The van der Waals surface area contributed by atoms with Crippen LogP contribution in [0.1, 0.15) is 38.8 Å². The topological polar surface area (TPSA) is 33.1 Å². The number of piperidine rings is 1. The lowest BCUT2D eigenvalue weighted by Gasteiger charge is -2.36. The maximum absolute atomic E-state index is 4.21. The Balaban J connectivity index is 1.93. The molecule has 0 aromatic carbocycles. The molecule has 1 saturated heterocycles.